The molecule has 86 valence electrons. The van der Waals surface area contributed by atoms with Gasteiger partial charge in [0.05, 0.1) is 0 Å². The summed E-state index contributed by atoms with van der Waals surface area (Å²) in [5.74, 6) is 0.930. The smallest absolute Gasteiger partial charge is 0.191 e. The zero-order valence-electron chi connectivity index (χ0n) is 9.66. The van der Waals surface area contributed by atoms with E-state index in [1.807, 2.05) is 19.1 Å². The van der Waals surface area contributed by atoms with Gasteiger partial charge in [-0.15, -0.1) is 0 Å². The van der Waals surface area contributed by atoms with E-state index in [0.717, 1.165) is 49.8 Å². The Morgan fingerprint density at radius 1 is 1.44 bits per heavy atom. The van der Waals surface area contributed by atoms with E-state index in [0.29, 0.717) is 0 Å². The number of pyridine rings is 1. The van der Waals surface area contributed by atoms with Crippen molar-refractivity contribution in [3.63, 3.8) is 0 Å². The van der Waals surface area contributed by atoms with Crippen molar-refractivity contribution in [2.45, 2.75) is 19.8 Å². The molecule has 2 N–H and O–H groups in total. The molecule has 2 rings (SSSR count). The number of hydrogen-bond acceptors (Lipinski definition) is 4. The lowest BCUT2D eigenvalue weighted by Crippen LogP contribution is -2.41. The van der Waals surface area contributed by atoms with Gasteiger partial charge in [0.25, 0.3) is 0 Å². The van der Waals surface area contributed by atoms with E-state index in [2.05, 4.69) is 26.7 Å². The van der Waals surface area contributed by atoms with E-state index in [9.17, 15) is 0 Å². The summed E-state index contributed by atoms with van der Waals surface area (Å²) in [6.45, 7) is 4.85. The average Bonchev–Trinajstić information content (AvgIpc) is 2.30. The molecule has 0 aromatic carbocycles. The molecule has 0 fully saturated rings. The molecule has 0 aliphatic carbocycles. The van der Waals surface area contributed by atoms with Gasteiger partial charge in [-0.05, 0) is 25.5 Å². The minimum atomic E-state index is 0.877. The van der Waals surface area contributed by atoms with Gasteiger partial charge in [-0.3, -0.25) is 9.98 Å². The summed E-state index contributed by atoms with van der Waals surface area (Å²) >= 11 is 0. The van der Waals surface area contributed by atoms with E-state index >= 15 is 0 Å². The van der Waals surface area contributed by atoms with Crippen molar-refractivity contribution in [2.75, 3.05) is 19.6 Å². The van der Waals surface area contributed by atoms with Crippen LogP contribution in [0.15, 0.2) is 23.2 Å². The molecule has 0 saturated heterocycles. The largest absolute Gasteiger partial charge is 0.356 e. The third-order valence-corrected chi connectivity index (χ3v) is 2.52. The van der Waals surface area contributed by atoms with Gasteiger partial charge in [0.15, 0.2) is 5.96 Å². The molecule has 0 radical (unpaired) electrons. The second-order valence-electron chi connectivity index (χ2n) is 3.96. The number of rotatable bonds is 3. The fourth-order valence-corrected chi connectivity index (χ4v) is 1.70. The number of nitrogens with one attached hydrogen (secondary N) is 2. The van der Waals surface area contributed by atoms with E-state index in [-0.39, 0.29) is 0 Å². The molecule has 0 saturated carbocycles. The fourth-order valence-electron chi connectivity index (χ4n) is 1.70. The first-order valence-electron chi connectivity index (χ1n) is 5.79. The maximum atomic E-state index is 4.46. The molecule has 1 aromatic heterocycles. The van der Waals surface area contributed by atoms with Crippen molar-refractivity contribution in [3.8, 4) is 0 Å². The van der Waals surface area contributed by atoms with Gasteiger partial charge in [-0.1, -0.05) is 6.07 Å². The van der Waals surface area contributed by atoms with Crippen LogP contribution in [0, 0.1) is 6.92 Å². The van der Waals surface area contributed by atoms with Gasteiger partial charge >= 0.3 is 0 Å². The molecule has 1 aliphatic heterocycles. The van der Waals surface area contributed by atoms with Gasteiger partial charge in [0, 0.05) is 37.4 Å². The minimum absolute atomic E-state index is 0.877. The standard InChI is InChI=1S/C12H18N4/c1-10-4-2-5-11(16-10)6-9-15-12-13-7-3-8-14-12/h2,4-5H,3,6-9H2,1H3,(H2,13,14,15). The van der Waals surface area contributed by atoms with Crippen molar-refractivity contribution >= 4 is 5.96 Å². The summed E-state index contributed by atoms with van der Waals surface area (Å²) in [7, 11) is 0. The van der Waals surface area contributed by atoms with Crippen LogP contribution in [0.1, 0.15) is 17.8 Å². The Labute approximate surface area is 96.2 Å². The predicted octanol–water partition coefficient (Wildman–Crippen LogP) is 0.871. The molecule has 0 bridgehead atoms. The Bertz CT molecular complexity index is 373. The maximum absolute atomic E-state index is 4.46. The third-order valence-electron chi connectivity index (χ3n) is 2.52. The lowest BCUT2D eigenvalue weighted by atomic mass is 10.2. The van der Waals surface area contributed by atoms with Crippen LogP contribution in [0.2, 0.25) is 0 Å². The molecule has 16 heavy (non-hydrogen) atoms. The number of guanidine groups is 1. The van der Waals surface area contributed by atoms with Crippen LogP contribution < -0.4 is 10.6 Å². The monoisotopic (exact) mass is 218 g/mol. The fraction of sp³-hybridized carbons (Fsp3) is 0.500. The van der Waals surface area contributed by atoms with E-state index in [1.165, 1.54) is 0 Å². The van der Waals surface area contributed by atoms with Crippen molar-refractivity contribution in [2.24, 2.45) is 4.99 Å². The summed E-state index contributed by atoms with van der Waals surface area (Å²) < 4.78 is 0. The number of hydrogen-bond donors (Lipinski definition) is 2. The summed E-state index contributed by atoms with van der Waals surface area (Å²) in [5.41, 5.74) is 2.20. The van der Waals surface area contributed by atoms with Crippen LogP contribution in [-0.4, -0.2) is 30.6 Å². The third kappa shape index (κ3) is 3.22. The molecule has 1 aromatic rings. The van der Waals surface area contributed by atoms with Gasteiger partial charge in [0.2, 0.25) is 0 Å². The highest BCUT2D eigenvalue weighted by molar-refractivity contribution is 5.80. The Kier molecular flexibility index (Phi) is 3.75. The zero-order chi connectivity index (χ0) is 11.2. The summed E-state index contributed by atoms with van der Waals surface area (Å²) in [6.07, 6.45) is 2.06. The Morgan fingerprint density at radius 2 is 2.38 bits per heavy atom. The van der Waals surface area contributed by atoms with Crippen LogP contribution in [0.25, 0.3) is 0 Å². The first-order valence-corrected chi connectivity index (χ1v) is 5.79. The van der Waals surface area contributed by atoms with Crippen molar-refractivity contribution < 1.29 is 0 Å². The summed E-state index contributed by atoms with van der Waals surface area (Å²) in [5, 5.41) is 6.52. The Balaban J connectivity index is 1.77. The molecular formula is C12H18N4. The topological polar surface area (TPSA) is 49.3 Å². The first-order chi connectivity index (χ1) is 7.84. The minimum Gasteiger partial charge on any atom is -0.356 e. The number of nitrogens with zero attached hydrogens (tertiary/aromatic N) is 2. The van der Waals surface area contributed by atoms with E-state index in [1.54, 1.807) is 0 Å². The average molecular weight is 218 g/mol. The van der Waals surface area contributed by atoms with Crippen LogP contribution in [0.5, 0.6) is 0 Å². The van der Waals surface area contributed by atoms with Crippen LogP contribution in [0.3, 0.4) is 0 Å². The lowest BCUT2D eigenvalue weighted by Gasteiger charge is -2.15. The highest BCUT2D eigenvalue weighted by Gasteiger charge is 2.02. The van der Waals surface area contributed by atoms with Gasteiger partial charge in [-0.25, -0.2) is 0 Å². The number of aliphatic imine (C=N–C) groups is 1. The lowest BCUT2D eigenvalue weighted by molar-refractivity contribution is 0.698. The molecule has 0 spiro atoms. The van der Waals surface area contributed by atoms with Crippen molar-refractivity contribution in [3.05, 3.63) is 29.6 Å². The highest BCUT2D eigenvalue weighted by atomic mass is 15.2. The predicted molar refractivity (Wildman–Crippen MR) is 65.6 cm³/mol. The summed E-state index contributed by atoms with van der Waals surface area (Å²) in [6, 6.07) is 6.13. The number of aryl methyl sites for hydroxylation is 1. The van der Waals surface area contributed by atoms with Gasteiger partial charge in [-0.2, -0.15) is 0 Å². The second kappa shape index (κ2) is 5.49. The van der Waals surface area contributed by atoms with Crippen LogP contribution >= 0.6 is 0 Å². The van der Waals surface area contributed by atoms with E-state index < -0.39 is 0 Å². The molecule has 0 amide bonds. The van der Waals surface area contributed by atoms with Crippen LogP contribution in [-0.2, 0) is 6.42 Å². The van der Waals surface area contributed by atoms with Gasteiger partial charge in [0.1, 0.15) is 0 Å². The molecule has 0 atom stereocenters. The SMILES string of the molecule is Cc1cccc(CCNC2=NCCCN2)n1. The Morgan fingerprint density at radius 3 is 3.12 bits per heavy atom. The molecule has 4 heteroatoms. The maximum Gasteiger partial charge on any atom is 0.191 e. The van der Waals surface area contributed by atoms with Crippen molar-refractivity contribution in [1.29, 1.82) is 0 Å². The van der Waals surface area contributed by atoms with Crippen molar-refractivity contribution in [1.82, 2.24) is 15.6 Å². The number of aromatic nitrogens is 1. The van der Waals surface area contributed by atoms with E-state index in [4.69, 9.17) is 0 Å². The normalized spacial score (nSPS) is 15.2. The second-order valence-corrected chi connectivity index (χ2v) is 3.96. The summed E-state index contributed by atoms with van der Waals surface area (Å²) in [4.78, 5) is 8.81. The molecular weight excluding hydrogens is 200 g/mol. The van der Waals surface area contributed by atoms with Crippen LogP contribution in [0.4, 0.5) is 0 Å². The quantitative estimate of drug-likeness (QED) is 0.791. The van der Waals surface area contributed by atoms with Gasteiger partial charge < -0.3 is 10.6 Å². The Hall–Kier alpha value is -1.58. The molecule has 0 unspecified atom stereocenters. The first kappa shape index (κ1) is 10.9. The molecule has 2 heterocycles. The molecule has 1 aliphatic rings. The zero-order valence-corrected chi connectivity index (χ0v) is 9.66. The highest BCUT2D eigenvalue weighted by Crippen LogP contribution is 1.98. The molecule has 4 nitrogen and oxygen atoms in total.